The molecule has 0 unspecified atom stereocenters. The van der Waals surface area contributed by atoms with Gasteiger partial charge in [0.05, 0.1) is 6.54 Å². The highest BCUT2D eigenvalue weighted by atomic mass is 35.5. The molecule has 4 amide bonds. The van der Waals surface area contributed by atoms with E-state index in [1.165, 1.54) is 0 Å². The number of carboxylic acids is 1. The fourth-order valence-electron chi connectivity index (χ4n) is 1.66. The van der Waals surface area contributed by atoms with Gasteiger partial charge in [-0.2, -0.15) is 0 Å². The molecule has 0 fully saturated rings. The number of hydrogen-bond donors (Lipinski definition) is 5. The second-order valence-corrected chi connectivity index (χ2v) is 5.21. The van der Waals surface area contributed by atoms with E-state index >= 15 is 0 Å². The van der Waals surface area contributed by atoms with Gasteiger partial charge in [-0.05, 0) is 30.7 Å². The maximum atomic E-state index is 11.7. The summed E-state index contributed by atoms with van der Waals surface area (Å²) in [6.07, 6.45) is -0.310. The number of rotatable bonds is 8. The van der Waals surface area contributed by atoms with Crippen LogP contribution in [0.3, 0.4) is 0 Å². The zero-order chi connectivity index (χ0) is 18.1. The first kappa shape index (κ1) is 19.2. The molecule has 0 saturated heterocycles. The van der Waals surface area contributed by atoms with Gasteiger partial charge < -0.3 is 26.8 Å². The van der Waals surface area contributed by atoms with Crippen LogP contribution in [0.25, 0.3) is 0 Å². The van der Waals surface area contributed by atoms with E-state index in [0.717, 1.165) is 0 Å². The minimum absolute atomic E-state index is 0.132. The van der Waals surface area contributed by atoms with Gasteiger partial charge in [0.25, 0.3) is 0 Å². The highest BCUT2D eigenvalue weighted by Gasteiger charge is 2.20. The van der Waals surface area contributed by atoms with Crippen molar-refractivity contribution in [3.63, 3.8) is 0 Å². The summed E-state index contributed by atoms with van der Waals surface area (Å²) in [6, 6.07) is 4.42. The van der Waals surface area contributed by atoms with E-state index < -0.39 is 36.4 Å². The number of carboxylic acid groups (broad SMARTS) is 1. The van der Waals surface area contributed by atoms with Crippen molar-refractivity contribution in [3.8, 4) is 0 Å². The number of primary amides is 1. The summed E-state index contributed by atoms with van der Waals surface area (Å²) in [4.78, 5) is 44.9. The molecule has 0 radical (unpaired) electrons. The molecule has 0 heterocycles. The van der Waals surface area contributed by atoms with Crippen molar-refractivity contribution in [1.82, 2.24) is 10.6 Å². The van der Waals surface area contributed by atoms with Crippen LogP contribution in [0.2, 0.25) is 5.02 Å². The summed E-state index contributed by atoms with van der Waals surface area (Å²) in [5, 5.41) is 16.4. The Balaban J connectivity index is 2.40. The Morgan fingerprint density at radius 1 is 1.17 bits per heavy atom. The quantitative estimate of drug-likeness (QED) is 0.453. The Hall–Kier alpha value is -2.81. The fraction of sp³-hybridized carbons (Fsp3) is 0.286. The van der Waals surface area contributed by atoms with Crippen LogP contribution in [-0.4, -0.2) is 41.5 Å². The number of aliphatic carboxylic acids is 1. The lowest BCUT2D eigenvalue weighted by Crippen LogP contribution is -2.46. The predicted octanol–water partition coefficient (Wildman–Crippen LogP) is 0.296. The van der Waals surface area contributed by atoms with Crippen molar-refractivity contribution >= 4 is 41.1 Å². The number of carbonyl (C=O) groups is 4. The molecule has 0 aliphatic rings. The first-order chi connectivity index (χ1) is 11.3. The van der Waals surface area contributed by atoms with E-state index in [0.29, 0.717) is 10.7 Å². The van der Waals surface area contributed by atoms with Gasteiger partial charge in [-0.25, -0.2) is 9.59 Å². The van der Waals surface area contributed by atoms with E-state index in [9.17, 15) is 19.2 Å². The SMILES string of the molecule is NC(=O)CC[C@H](NC(=O)CNC(=O)Nc1ccc(Cl)cc1)C(=O)O. The maximum absolute atomic E-state index is 11.7. The predicted molar refractivity (Wildman–Crippen MR) is 86.5 cm³/mol. The summed E-state index contributed by atoms with van der Waals surface area (Å²) < 4.78 is 0. The molecule has 0 saturated carbocycles. The minimum atomic E-state index is -1.30. The van der Waals surface area contributed by atoms with Gasteiger partial charge in [0.2, 0.25) is 11.8 Å². The first-order valence-corrected chi connectivity index (χ1v) is 7.26. The number of amides is 4. The molecule has 0 aromatic heterocycles. The molecule has 0 aliphatic carbocycles. The van der Waals surface area contributed by atoms with Gasteiger partial charge in [0.15, 0.2) is 0 Å². The molecule has 6 N–H and O–H groups in total. The van der Waals surface area contributed by atoms with Crippen molar-refractivity contribution in [2.45, 2.75) is 18.9 Å². The van der Waals surface area contributed by atoms with Crippen LogP contribution in [0.4, 0.5) is 10.5 Å². The standard InChI is InChI=1S/C14H17ClN4O5/c15-8-1-3-9(4-2-8)18-14(24)17-7-12(21)19-10(13(22)23)5-6-11(16)20/h1-4,10H,5-7H2,(H2,16,20)(H,19,21)(H,22,23)(H2,17,18,24)/t10-/m0/s1. The van der Waals surface area contributed by atoms with Crippen molar-refractivity contribution in [2.24, 2.45) is 5.73 Å². The molecule has 1 aromatic carbocycles. The Bertz CT molecular complexity index is 620. The van der Waals surface area contributed by atoms with Gasteiger partial charge in [0.1, 0.15) is 6.04 Å². The molecule has 24 heavy (non-hydrogen) atoms. The molecular formula is C14H17ClN4O5. The number of nitrogens with two attached hydrogens (primary N) is 1. The van der Waals surface area contributed by atoms with Gasteiger partial charge in [-0.15, -0.1) is 0 Å². The van der Waals surface area contributed by atoms with Crippen LogP contribution in [-0.2, 0) is 14.4 Å². The van der Waals surface area contributed by atoms with Crippen molar-refractivity contribution in [1.29, 1.82) is 0 Å². The Labute approximate surface area is 142 Å². The average Bonchev–Trinajstić information content (AvgIpc) is 2.51. The van der Waals surface area contributed by atoms with Crippen molar-refractivity contribution in [2.75, 3.05) is 11.9 Å². The fourth-order valence-corrected chi connectivity index (χ4v) is 1.78. The highest BCUT2D eigenvalue weighted by molar-refractivity contribution is 6.30. The lowest BCUT2D eigenvalue weighted by Gasteiger charge is -2.14. The lowest BCUT2D eigenvalue weighted by atomic mass is 10.1. The number of anilines is 1. The molecule has 1 aromatic rings. The Morgan fingerprint density at radius 2 is 1.79 bits per heavy atom. The summed E-state index contributed by atoms with van der Waals surface area (Å²) in [5.74, 6) is -2.68. The summed E-state index contributed by atoms with van der Waals surface area (Å²) in [5.41, 5.74) is 5.41. The third-order valence-corrected chi connectivity index (χ3v) is 3.08. The third kappa shape index (κ3) is 7.45. The third-order valence-electron chi connectivity index (χ3n) is 2.82. The van der Waals surface area contributed by atoms with Gasteiger partial charge in [0, 0.05) is 17.1 Å². The smallest absolute Gasteiger partial charge is 0.326 e. The van der Waals surface area contributed by atoms with Crippen LogP contribution >= 0.6 is 11.6 Å². The van der Waals surface area contributed by atoms with Gasteiger partial charge >= 0.3 is 12.0 Å². The molecule has 130 valence electrons. The van der Waals surface area contributed by atoms with Gasteiger partial charge in [-0.1, -0.05) is 11.6 Å². The highest BCUT2D eigenvalue weighted by Crippen LogP contribution is 2.12. The molecule has 0 bridgehead atoms. The van der Waals surface area contributed by atoms with E-state index in [1.54, 1.807) is 24.3 Å². The normalized spacial score (nSPS) is 11.2. The van der Waals surface area contributed by atoms with Gasteiger partial charge in [-0.3, -0.25) is 9.59 Å². The number of halogens is 1. The molecule has 9 nitrogen and oxygen atoms in total. The molecule has 1 atom stereocenters. The van der Waals surface area contributed by atoms with Crippen molar-refractivity contribution < 1.29 is 24.3 Å². The first-order valence-electron chi connectivity index (χ1n) is 6.89. The second-order valence-electron chi connectivity index (χ2n) is 4.78. The molecule has 0 aliphatic heterocycles. The van der Waals surface area contributed by atoms with Crippen LogP contribution < -0.4 is 21.7 Å². The monoisotopic (exact) mass is 356 g/mol. The van der Waals surface area contributed by atoms with Crippen LogP contribution in [0.15, 0.2) is 24.3 Å². The number of hydrogen-bond acceptors (Lipinski definition) is 4. The molecule has 1 rings (SSSR count). The van der Waals surface area contributed by atoms with E-state index in [2.05, 4.69) is 16.0 Å². The molecular weight excluding hydrogens is 340 g/mol. The van der Waals surface area contributed by atoms with E-state index in [1.807, 2.05) is 0 Å². The van der Waals surface area contributed by atoms with Crippen LogP contribution in [0.1, 0.15) is 12.8 Å². The zero-order valence-corrected chi connectivity index (χ0v) is 13.3. The number of nitrogens with one attached hydrogen (secondary N) is 3. The Morgan fingerprint density at radius 3 is 2.33 bits per heavy atom. The van der Waals surface area contributed by atoms with Crippen LogP contribution in [0, 0.1) is 0 Å². The molecule has 0 spiro atoms. The zero-order valence-electron chi connectivity index (χ0n) is 12.5. The summed E-state index contributed by atoms with van der Waals surface area (Å²) in [7, 11) is 0. The maximum Gasteiger partial charge on any atom is 0.326 e. The minimum Gasteiger partial charge on any atom is -0.480 e. The van der Waals surface area contributed by atoms with E-state index in [-0.39, 0.29) is 12.8 Å². The number of carbonyl (C=O) groups excluding carboxylic acids is 3. The van der Waals surface area contributed by atoms with E-state index in [4.69, 9.17) is 22.4 Å². The van der Waals surface area contributed by atoms with Crippen molar-refractivity contribution in [3.05, 3.63) is 29.3 Å². The largest absolute Gasteiger partial charge is 0.480 e. The number of urea groups is 1. The lowest BCUT2D eigenvalue weighted by molar-refractivity contribution is -0.142. The molecule has 10 heteroatoms. The van der Waals surface area contributed by atoms with Crippen LogP contribution in [0.5, 0.6) is 0 Å². The average molecular weight is 357 g/mol. The second kappa shape index (κ2) is 9.36. The topological polar surface area (TPSA) is 151 Å². The Kier molecular flexibility index (Phi) is 7.50. The summed E-state index contributed by atoms with van der Waals surface area (Å²) in [6.45, 7) is -0.431. The number of benzene rings is 1. The summed E-state index contributed by atoms with van der Waals surface area (Å²) >= 11 is 5.71.